The van der Waals surface area contributed by atoms with Crippen molar-refractivity contribution in [1.29, 1.82) is 0 Å². The monoisotopic (exact) mass is 438 g/mol. The number of fused-ring (bicyclic) bond motifs is 1. The van der Waals surface area contributed by atoms with E-state index in [4.69, 9.17) is 4.74 Å². The number of rotatable bonds is 6. The average molecular weight is 438 g/mol. The molecule has 32 heavy (non-hydrogen) atoms. The molecule has 1 atom stereocenters. The van der Waals surface area contributed by atoms with Crippen LogP contribution in [0.5, 0.6) is 0 Å². The van der Waals surface area contributed by atoms with Gasteiger partial charge in [-0.2, -0.15) is 0 Å². The molecule has 0 bridgehead atoms. The Labute approximate surface area is 183 Å². The van der Waals surface area contributed by atoms with E-state index in [0.29, 0.717) is 0 Å². The minimum absolute atomic E-state index is 0.0143. The fourth-order valence-electron chi connectivity index (χ4n) is 3.00. The van der Waals surface area contributed by atoms with Gasteiger partial charge in [-0.3, -0.25) is 15.0 Å². The van der Waals surface area contributed by atoms with E-state index in [9.17, 15) is 19.2 Å². The first-order valence-corrected chi connectivity index (χ1v) is 9.68. The average Bonchev–Trinajstić information content (AvgIpc) is 3.23. The maximum absolute atomic E-state index is 12.7. The first-order chi connectivity index (χ1) is 15.5. The van der Waals surface area contributed by atoms with Crippen LogP contribution in [-0.4, -0.2) is 42.0 Å². The summed E-state index contributed by atoms with van der Waals surface area (Å²) in [6.07, 6.45) is 0.878. The number of carbonyl (C=O) groups is 4. The van der Waals surface area contributed by atoms with Crippen molar-refractivity contribution in [1.82, 2.24) is 21.2 Å². The molecule has 0 spiro atoms. The maximum Gasteiger partial charge on any atom is 0.426 e. The molecule has 0 aliphatic carbocycles. The van der Waals surface area contributed by atoms with Gasteiger partial charge in [0.25, 0.3) is 5.91 Å². The number of para-hydroxylation sites is 1. The molecular weight excluding hydrogens is 416 g/mol. The van der Waals surface area contributed by atoms with Crippen LogP contribution in [0.1, 0.15) is 11.1 Å². The zero-order valence-corrected chi connectivity index (χ0v) is 17.2. The fraction of sp³-hybridized carbons (Fsp3) is 0.182. The summed E-state index contributed by atoms with van der Waals surface area (Å²) in [6, 6.07) is 15.3. The van der Waals surface area contributed by atoms with Crippen molar-refractivity contribution < 1.29 is 28.7 Å². The Morgan fingerprint density at radius 3 is 2.44 bits per heavy atom. The van der Waals surface area contributed by atoms with Crippen LogP contribution in [0.25, 0.3) is 10.9 Å². The topological polar surface area (TPSA) is 139 Å². The highest BCUT2D eigenvalue weighted by Gasteiger charge is 2.26. The Balaban J connectivity index is 1.63. The van der Waals surface area contributed by atoms with Gasteiger partial charge >= 0.3 is 18.0 Å². The first kappa shape index (κ1) is 22.3. The van der Waals surface area contributed by atoms with Crippen LogP contribution in [0.2, 0.25) is 0 Å². The summed E-state index contributed by atoms with van der Waals surface area (Å²) in [7, 11) is 1.06. The van der Waals surface area contributed by atoms with Crippen LogP contribution >= 0.6 is 0 Å². The van der Waals surface area contributed by atoms with E-state index in [1.807, 2.05) is 30.3 Å². The SMILES string of the molecule is COC(=O)C(=O)N[C@H](Cc1c[nH]c2ccccc12)C(=O)NNC(=O)OCc1ccccc1. The van der Waals surface area contributed by atoms with Crippen molar-refractivity contribution in [3.63, 3.8) is 0 Å². The molecule has 0 aliphatic heterocycles. The molecule has 4 N–H and O–H groups in total. The zero-order chi connectivity index (χ0) is 22.9. The lowest BCUT2D eigenvalue weighted by atomic mass is 10.0. The maximum atomic E-state index is 12.7. The molecule has 1 aromatic heterocycles. The van der Waals surface area contributed by atoms with Gasteiger partial charge < -0.3 is 19.8 Å². The van der Waals surface area contributed by atoms with E-state index in [1.165, 1.54) is 0 Å². The minimum atomic E-state index is -1.17. The van der Waals surface area contributed by atoms with Crippen LogP contribution in [0.3, 0.4) is 0 Å². The van der Waals surface area contributed by atoms with Crippen LogP contribution in [0.4, 0.5) is 4.79 Å². The minimum Gasteiger partial charge on any atom is -0.462 e. The van der Waals surface area contributed by atoms with E-state index in [0.717, 1.165) is 29.1 Å². The second-order valence-corrected chi connectivity index (χ2v) is 6.76. The summed E-state index contributed by atoms with van der Waals surface area (Å²) in [4.78, 5) is 51.1. The number of hydrogen-bond donors (Lipinski definition) is 4. The highest BCUT2D eigenvalue weighted by molar-refractivity contribution is 6.32. The Bertz CT molecular complexity index is 1110. The number of hydrogen-bond acceptors (Lipinski definition) is 6. The number of esters is 1. The predicted octanol–water partition coefficient (Wildman–Crippen LogP) is 1.33. The molecular formula is C22H22N4O6. The molecule has 0 saturated heterocycles. The van der Waals surface area contributed by atoms with Gasteiger partial charge in [-0.1, -0.05) is 48.5 Å². The van der Waals surface area contributed by atoms with Crippen LogP contribution in [-0.2, 0) is 36.9 Å². The van der Waals surface area contributed by atoms with Gasteiger partial charge in [-0.05, 0) is 17.2 Å². The van der Waals surface area contributed by atoms with Gasteiger partial charge in [0.15, 0.2) is 0 Å². The molecule has 0 radical (unpaired) electrons. The third kappa shape index (κ3) is 5.85. The largest absolute Gasteiger partial charge is 0.462 e. The number of aromatic nitrogens is 1. The van der Waals surface area contributed by atoms with E-state index in [1.54, 1.807) is 30.5 Å². The van der Waals surface area contributed by atoms with Crippen molar-refractivity contribution in [2.75, 3.05) is 7.11 Å². The van der Waals surface area contributed by atoms with Gasteiger partial charge in [-0.15, -0.1) is 0 Å². The Kier molecular flexibility index (Phi) is 7.42. The van der Waals surface area contributed by atoms with Gasteiger partial charge in [0, 0.05) is 23.5 Å². The molecule has 3 amide bonds. The Morgan fingerprint density at radius 2 is 1.69 bits per heavy atom. The zero-order valence-electron chi connectivity index (χ0n) is 17.2. The molecule has 166 valence electrons. The van der Waals surface area contributed by atoms with Crippen molar-refractivity contribution in [3.8, 4) is 0 Å². The Hall–Kier alpha value is -4.34. The van der Waals surface area contributed by atoms with E-state index in [-0.39, 0.29) is 13.0 Å². The van der Waals surface area contributed by atoms with Crippen LogP contribution in [0.15, 0.2) is 60.8 Å². The molecule has 10 nitrogen and oxygen atoms in total. The van der Waals surface area contributed by atoms with E-state index < -0.39 is 29.9 Å². The molecule has 0 unspecified atom stereocenters. The Morgan fingerprint density at radius 1 is 0.969 bits per heavy atom. The van der Waals surface area contributed by atoms with Crippen molar-refractivity contribution in [3.05, 3.63) is 71.9 Å². The molecule has 3 rings (SSSR count). The number of aromatic amines is 1. The number of carbonyl (C=O) groups excluding carboxylic acids is 4. The molecule has 0 fully saturated rings. The molecule has 10 heteroatoms. The summed E-state index contributed by atoms with van der Waals surface area (Å²) >= 11 is 0. The molecule has 1 heterocycles. The van der Waals surface area contributed by atoms with Crippen molar-refractivity contribution >= 4 is 34.8 Å². The number of hydrazine groups is 1. The highest BCUT2D eigenvalue weighted by atomic mass is 16.6. The number of ether oxygens (including phenoxy) is 2. The summed E-state index contributed by atoms with van der Waals surface area (Å²) in [5.74, 6) is -2.97. The molecule has 0 saturated carbocycles. The van der Waals surface area contributed by atoms with Gasteiger partial charge in [0.2, 0.25) is 0 Å². The summed E-state index contributed by atoms with van der Waals surface area (Å²) in [5, 5.41) is 3.18. The summed E-state index contributed by atoms with van der Waals surface area (Å²) < 4.78 is 9.42. The second kappa shape index (κ2) is 10.6. The third-order valence-electron chi connectivity index (χ3n) is 4.59. The second-order valence-electron chi connectivity index (χ2n) is 6.76. The number of benzene rings is 2. The van der Waals surface area contributed by atoms with Crippen LogP contribution in [0, 0.1) is 0 Å². The standard InChI is InChI=1S/C22H22N4O6/c1-31-21(29)20(28)24-18(11-15-12-23-17-10-6-5-9-16(15)17)19(27)25-26-22(30)32-13-14-7-3-2-4-8-14/h2-10,12,18,23H,11,13H2,1H3,(H,24,28)(H,25,27)(H,26,30)/t18-/m1/s1. The van der Waals surface area contributed by atoms with Gasteiger partial charge in [0.05, 0.1) is 7.11 Å². The van der Waals surface area contributed by atoms with Crippen molar-refractivity contribution in [2.24, 2.45) is 0 Å². The smallest absolute Gasteiger partial charge is 0.426 e. The fourth-order valence-corrected chi connectivity index (χ4v) is 3.00. The van der Waals surface area contributed by atoms with E-state index >= 15 is 0 Å². The molecule has 0 aliphatic rings. The third-order valence-corrected chi connectivity index (χ3v) is 4.59. The normalized spacial score (nSPS) is 11.3. The van der Waals surface area contributed by atoms with Crippen molar-refractivity contribution in [2.45, 2.75) is 19.1 Å². The van der Waals surface area contributed by atoms with Crippen LogP contribution < -0.4 is 16.2 Å². The quantitative estimate of drug-likeness (QED) is 0.260. The highest BCUT2D eigenvalue weighted by Crippen LogP contribution is 2.19. The van der Waals surface area contributed by atoms with Gasteiger partial charge in [0.1, 0.15) is 12.6 Å². The lowest BCUT2D eigenvalue weighted by Gasteiger charge is -2.18. The number of amides is 3. The lowest BCUT2D eigenvalue weighted by molar-refractivity contribution is -0.153. The number of nitrogens with one attached hydrogen (secondary N) is 4. The predicted molar refractivity (Wildman–Crippen MR) is 114 cm³/mol. The molecule has 2 aromatic carbocycles. The summed E-state index contributed by atoms with van der Waals surface area (Å²) in [5.41, 5.74) is 6.69. The summed E-state index contributed by atoms with van der Waals surface area (Å²) in [6.45, 7) is 0.0143. The number of H-pyrrole nitrogens is 1. The number of methoxy groups -OCH3 is 1. The lowest BCUT2D eigenvalue weighted by Crippen LogP contribution is -2.54. The van der Waals surface area contributed by atoms with E-state index in [2.05, 4.69) is 25.9 Å². The van der Waals surface area contributed by atoms with Gasteiger partial charge in [-0.25, -0.2) is 15.0 Å². The molecule has 3 aromatic rings. The first-order valence-electron chi connectivity index (χ1n) is 9.68.